The Bertz CT molecular complexity index is 701. The quantitative estimate of drug-likeness (QED) is 0.838. The van der Waals surface area contributed by atoms with E-state index in [1.165, 1.54) is 9.75 Å². The Morgan fingerprint density at radius 3 is 2.79 bits per heavy atom. The van der Waals surface area contributed by atoms with E-state index in [2.05, 4.69) is 33.9 Å². The third-order valence-electron chi connectivity index (χ3n) is 4.28. The van der Waals surface area contributed by atoms with E-state index in [9.17, 15) is 13.2 Å². The minimum atomic E-state index is -4.45. The molecule has 0 N–H and O–H groups in total. The van der Waals surface area contributed by atoms with Crippen molar-refractivity contribution in [3.05, 3.63) is 40.0 Å². The summed E-state index contributed by atoms with van der Waals surface area (Å²) in [6.07, 6.45) is -2.56. The number of alkyl halides is 3. The van der Waals surface area contributed by atoms with Crippen LogP contribution in [0.1, 0.15) is 21.9 Å². The maximum absolute atomic E-state index is 12.8. The zero-order chi connectivity index (χ0) is 17.3. The van der Waals surface area contributed by atoms with Crippen molar-refractivity contribution < 1.29 is 13.2 Å². The van der Waals surface area contributed by atoms with Gasteiger partial charge in [0, 0.05) is 48.5 Å². The highest BCUT2D eigenvalue weighted by atomic mass is 32.1. The molecule has 3 rings (SSSR count). The molecule has 0 aliphatic carbocycles. The maximum atomic E-state index is 12.8. The summed E-state index contributed by atoms with van der Waals surface area (Å²) in [5, 5.41) is 0. The molecule has 1 aliphatic rings. The third-order valence-corrected chi connectivity index (χ3v) is 5.26. The van der Waals surface area contributed by atoms with Crippen molar-refractivity contribution in [2.75, 3.05) is 25.0 Å². The van der Waals surface area contributed by atoms with Crippen LogP contribution in [0.4, 0.5) is 19.0 Å². The van der Waals surface area contributed by atoms with Gasteiger partial charge in [0.05, 0.1) is 0 Å². The topological polar surface area (TPSA) is 32.3 Å². The lowest BCUT2D eigenvalue weighted by Crippen LogP contribution is -2.35. The van der Waals surface area contributed by atoms with Gasteiger partial charge in [0.1, 0.15) is 17.8 Å². The average molecular weight is 356 g/mol. The number of hydrogen-bond acceptors (Lipinski definition) is 5. The van der Waals surface area contributed by atoms with Gasteiger partial charge in [0.15, 0.2) is 0 Å². The van der Waals surface area contributed by atoms with Gasteiger partial charge in [-0.15, -0.1) is 11.3 Å². The van der Waals surface area contributed by atoms with E-state index in [0.29, 0.717) is 5.82 Å². The van der Waals surface area contributed by atoms with Crippen LogP contribution < -0.4 is 4.90 Å². The largest absolute Gasteiger partial charge is 0.433 e. The summed E-state index contributed by atoms with van der Waals surface area (Å²) in [5.74, 6) is 0.316. The van der Waals surface area contributed by atoms with Gasteiger partial charge in [-0.05, 0) is 25.5 Å². The summed E-state index contributed by atoms with van der Waals surface area (Å²) in [6.45, 7) is 4.73. The van der Waals surface area contributed by atoms with E-state index in [0.717, 1.165) is 38.4 Å². The predicted molar refractivity (Wildman–Crippen MR) is 88.2 cm³/mol. The molecule has 3 heterocycles. The van der Waals surface area contributed by atoms with Crippen molar-refractivity contribution in [3.8, 4) is 0 Å². The molecule has 0 bridgehead atoms. The molecule has 8 heteroatoms. The number of aryl methyl sites for hydroxylation is 1. The summed E-state index contributed by atoms with van der Waals surface area (Å²) < 4.78 is 38.4. The van der Waals surface area contributed by atoms with Crippen LogP contribution in [0.25, 0.3) is 0 Å². The summed E-state index contributed by atoms with van der Waals surface area (Å²) in [4.78, 5) is 14.1. The Labute approximate surface area is 142 Å². The van der Waals surface area contributed by atoms with Crippen LogP contribution >= 0.6 is 11.3 Å². The van der Waals surface area contributed by atoms with Gasteiger partial charge in [-0.1, -0.05) is 0 Å². The van der Waals surface area contributed by atoms with Crippen LogP contribution in [0.2, 0.25) is 0 Å². The first-order chi connectivity index (χ1) is 11.3. The molecule has 0 amide bonds. The molecule has 0 radical (unpaired) electrons. The van der Waals surface area contributed by atoms with Gasteiger partial charge in [-0.25, -0.2) is 9.97 Å². The number of thiophene rings is 1. The standard InChI is InChI=1S/C16H19F3N4S/c1-11-3-4-13(24-11)9-23-6-5-12(8-23)22(2)15-7-14(16(17,18)19)20-10-21-15/h3-4,7,10,12H,5-6,8-9H2,1-2H3. The average Bonchev–Trinajstić information content (AvgIpc) is 3.15. The lowest BCUT2D eigenvalue weighted by Gasteiger charge is -2.26. The van der Waals surface area contributed by atoms with Crippen LogP contribution in [0, 0.1) is 6.92 Å². The molecule has 1 aliphatic heterocycles. The van der Waals surface area contributed by atoms with Crippen molar-refractivity contribution in [2.24, 2.45) is 0 Å². The van der Waals surface area contributed by atoms with Crippen molar-refractivity contribution in [1.29, 1.82) is 0 Å². The van der Waals surface area contributed by atoms with Crippen molar-refractivity contribution >= 4 is 17.2 Å². The number of halogens is 3. The molecule has 1 unspecified atom stereocenters. The minimum absolute atomic E-state index is 0.155. The fourth-order valence-electron chi connectivity index (χ4n) is 2.94. The number of nitrogens with zero attached hydrogens (tertiary/aromatic N) is 4. The molecular formula is C16H19F3N4S. The molecule has 24 heavy (non-hydrogen) atoms. The van der Waals surface area contributed by atoms with Crippen LogP contribution in [0.3, 0.4) is 0 Å². The second kappa shape index (κ2) is 6.68. The van der Waals surface area contributed by atoms with Crippen molar-refractivity contribution in [1.82, 2.24) is 14.9 Å². The normalized spacial score (nSPS) is 19.0. The number of likely N-dealkylation sites (N-methyl/N-ethyl adjacent to an activating group) is 1. The first-order valence-electron chi connectivity index (χ1n) is 7.72. The van der Waals surface area contributed by atoms with E-state index < -0.39 is 11.9 Å². The highest BCUT2D eigenvalue weighted by Crippen LogP contribution is 2.30. The molecule has 0 aromatic carbocycles. The number of likely N-dealkylation sites (tertiary alicyclic amines) is 1. The first-order valence-corrected chi connectivity index (χ1v) is 8.54. The molecule has 0 spiro atoms. The fraction of sp³-hybridized carbons (Fsp3) is 0.500. The molecular weight excluding hydrogens is 337 g/mol. The summed E-state index contributed by atoms with van der Waals surface area (Å²) in [5.41, 5.74) is -0.900. The monoisotopic (exact) mass is 356 g/mol. The molecule has 1 saturated heterocycles. The van der Waals surface area contributed by atoms with E-state index in [1.54, 1.807) is 18.4 Å². The molecule has 0 saturated carbocycles. The van der Waals surface area contributed by atoms with E-state index in [4.69, 9.17) is 0 Å². The van der Waals surface area contributed by atoms with E-state index in [1.807, 2.05) is 4.90 Å². The molecule has 130 valence electrons. The van der Waals surface area contributed by atoms with Crippen LogP contribution in [-0.2, 0) is 12.7 Å². The Balaban J connectivity index is 1.65. The Kier molecular flexibility index (Phi) is 4.78. The Morgan fingerprint density at radius 2 is 2.12 bits per heavy atom. The second-order valence-electron chi connectivity index (χ2n) is 6.06. The summed E-state index contributed by atoms with van der Waals surface area (Å²) in [7, 11) is 1.80. The lowest BCUT2D eigenvalue weighted by molar-refractivity contribution is -0.141. The zero-order valence-electron chi connectivity index (χ0n) is 13.5. The van der Waals surface area contributed by atoms with Gasteiger partial charge in [-0.3, -0.25) is 4.90 Å². The van der Waals surface area contributed by atoms with E-state index >= 15 is 0 Å². The van der Waals surface area contributed by atoms with Crippen LogP contribution in [0.15, 0.2) is 24.5 Å². The van der Waals surface area contributed by atoms with Gasteiger partial charge in [0.2, 0.25) is 0 Å². The molecule has 2 aromatic rings. The number of hydrogen-bond donors (Lipinski definition) is 0. The second-order valence-corrected chi connectivity index (χ2v) is 7.43. The number of aromatic nitrogens is 2. The minimum Gasteiger partial charge on any atom is -0.355 e. The van der Waals surface area contributed by atoms with Gasteiger partial charge in [-0.2, -0.15) is 13.2 Å². The third kappa shape index (κ3) is 3.87. The molecule has 1 atom stereocenters. The summed E-state index contributed by atoms with van der Waals surface area (Å²) in [6, 6.07) is 5.42. The highest BCUT2D eigenvalue weighted by Gasteiger charge is 2.34. The zero-order valence-corrected chi connectivity index (χ0v) is 14.4. The maximum Gasteiger partial charge on any atom is 0.433 e. The van der Waals surface area contributed by atoms with Crippen molar-refractivity contribution in [2.45, 2.75) is 32.1 Å². The van der Waals surface area contributed by atoms with Crippen molar-refractivity contribution in [3.63, 3.8) is 0 Å². The van der Waals surface area contributed by atoms with Crippen LogP contribution in [0.5, 0.6) is 0 Å². The fourth-order valence-corrected chi connectivity index (χ4v) is 3.88. The smallest absolute Gasteiger partial charge is 0.355 e. The highest BCUT2D eigenvalue weighted by molar-refractivity contribution is 7.11. The predicted octanol–water partition coefficient (Wildman–Crippen LogP) is 3.58. The molecule has 4 nitrogen and oxygen atoms in total. The SMILES string of the molecule is Cc1ccc(CN2CCC(N(C)c3cc(C(F)(F)F)ncn3)C2)s1. The number of rotatable bonds is 4. The molecule has 1 fully saturated rings. The Hall–Kier alpha value is -1.67. The van der Waals surface area contributed by atoms with Gasteiger partial charge >= 0.3 is 6.18 Å². The summed E-state index contributed by atoms with van der Waals surface area (Å²) >= 11 is 1.78. The number of anilines is 1. The Morgan fingerprint density at radius 1 is 1.33 bits per heavy atom. The first kappa shape index (κ1) is 17.2. The van der Waals surface area contributed by atoms with Gasteiger partial charge < -0.3 is 4.90 Å². The lowest BCUT2D eigenvalue weighted by atomic mass is 10.2. The van der Waals surface area contributed by atoms with Gasteiger partial charge in [0.25, 0.3) is 0 Å². The molecule has 2 aromatic heterocycles. The van der Waals surface area contributed by atoms with Crippen LogP contribution in [-0.4, -0.2) is 41.0 Å². The van der Waals surface area contributed by atoms with E-state index in [-0.39, 0.29) is 6.04 Å².